The molecule has 0 fully saturated rings. The third-order valence-electron chi connectivity index (χ3n) is 2.70. The molecule has 7 heteroatoms. The molecule has 0 aromatic carbocycles. The lowest BCUT2D eigenvalue weighted by Crippen LogP contribution is -2.25. The third-order valence-corrected chi connectivity index (χ3v) is 2.70. The molecular weight excluding hydrogens is 264 g/mol. The quantitative estimate of drug-likeness (QED) is 0.527. The minimum Gasteiger partial charge on any atom is -0.494 e. The number of hydrogen-bond acceptors (Lipinski definition) is 4. The molecule has 4 N–H and O–H groups in total. The van der Waals surface area contributed by atoms with Gasteiger partial charge in [0.05, 0.1) is 5.56 Å². The zero-order valence-electron chi connectivity index (χ0n) is 11.0. The van der Waals surface area contributed by atoms with Gasteiger partial charge in [-0.3, -0.25) is 19.4 Å². The van der Waals surface area contributed by atoms with Crippen LogP contribution < -0.4 is 10.9 Å². The van der Waals surface area contributed by atoms with Gasteiger partial charge in [-0.1, -0.05) is 12.8 Å². The normalized spacial score (nSPS) is 10.2. The molecule has 1 aromatic heterocycles. The summed E-state index contributed by atoms with van der Waals surface area (Å²) in [6.45, 7) is 0.444. The van der Waals surface area contributed by atoms with Crippen molar-refractivity contribution in [2.45, 2.75) is 32.1 Å². The van der Waals surface area contributed by atoms with E-state index in [4.69, 9.17) is 5.11 Å². The standard InChI is InChI=1S/C13H18N2O5/c16-10-7-9(8-11(17)15-10)13(20)14-6-4-2-1-3-5-12(18)19/h7-8H,1-6H2,(H,14,20)(H,18,19)(H2,15,16,17). The second-order valence-electron chi connectivity index (χ2n) is 4.43. The average molecular weight is 282 g/mol. The first kappa shape index (κ1) is 15.7. The van der Waals surface area contributed by atoms with E-state index in [0.29, 0.717) is 13.0 Å². The first-order chi connectivity index (χ1) is 9.49. The molecule has 0 saturated carbocycles. The predicted molar refractivity (Wildman–Crippen MR) is 71.8 cm³/mol. The Morgan fingerprint density at radius 3 is 2.50 bits per heavy atom. The topological polar surface area (TPSA) is 119 Å². The molecule has 0 atom stereocenters. The van der Waals surface area contributed by atoms with E-state index >= 15 is 0 Å². The van der Waals surface area contributed by atoms with Gasteiger partial charge in [0.25, 0.3) is 11.5 Å². The lowest BCUT2D eigenvalue weighted by molar-refractivity contribution is -0.137. The van der Waals surface area contributed by atoms with Crippen molar-refractivity contribution in [1.82, 2.24) is 10.3 Å². The average Bonchev–Trinajstić information content (AvgIpc) is 2.35. The number of rotatable bonds is 8. The fourth-order valence-corrected chi connectivity index (χ4v) is 1.72. The molecular formula is C13H18N2O5. The van der Waals surface area contributed by atoms with Crippen molar-refractivity contribution in [3.8, 4) is 5.88 Å². The van der Waals surface area contributed by atoms with Crippen molar-refractivity contribution in [1.29, 1.82) is 0 Å². The van der Waals surface area contributed by atoms with Crippen LogP contribution in [0.3, 0.4) is 0 Å². The number of aromatic nitrogens is 1. The van der Waals surface area contributed by atoms with Crippen LogP contribution in [-0.2, 0) is 4.79 Å². The second-order valence-corrected chi connectivity index (χ2v) is 4.43. The summed E-state index contributed by atoms with van der Waals surface area (Å²) in [4.78, 5) is 35.2. The summed E-state index contributed by atoms with van der Waals surface area (Å²) < 4.78 is 0. The Balaban J connectivity index is 2.23. The van der Waals surface area contributed by atoms with E-state index in [-0.39, 0.29) is 17.9 Å². The number of H-pyrrole nitrogens is 1. The van der Waals surface area contributed by atoms with Gasteiger partial charge in [-0.2, -0.15) is 0 Å². The van der Waals surface area contributed by atoms with Gasteiger partial charge in [0.15, 0.2) is 5.88 Å². The summed E-state index contributed by atoms with van der Waals surface area (Å²) in [7, 11) is 0. The van der Waals surface area contributed by atoms with Gasteiger partial charge in [0.2, 0.25) is 0 Å². The van der Waals surface area contributed by atoms with E-state index < -0.39 is 17.4 Å². The number of carbonyl (C=O) groups is 2. The zero-order valence-corrected chi connectivity index (χ0v) is 11.0. The van der Waals surface area contributed by atoms with E-state index in [1.807, 2.05) is 0 Å². The number of amides is 1. The largest absolute Gasteiger partial charge is 0.494 e. The fourth-order valence-electron chi connectivity index (χ4n) is 1.72. The van der Waals surface area contributed by atoms with Gasteiger partial charge in [-0.15, -0.1) is 0 Å². The van der Waals surface area contributed by atoms with Crippen molar-refractivity contribution in [2.24, 2.45) is 0 Å². The van der Waals surface area contributed by atoms with Gasteiger partial charge >= 0.3 is 5.97 Å². The Hall–Kier alpha value is -2.31. The Morgan fingerprint density at radius 1 is 1.15 bits per heavy atom. The fraction of sp³-hybridized carbons (Fsp3) is 0.462. The highest BCUT2D eigenvalue weighted by Crippen LogP contribution is 2.05. The molecule has 0 saturated heterocycles. The Kier molecular flexibility index (Phi) is 6.28. The van der Waals surface area contributed by atoms with Crippen molar-refractivity contribution >= 4 is 11.9 Å². The van der Waals surface area contributed by atoms with E-state index in [9.17, 15) is 19.5 Å². The summed E-state index contributed by atoms with van der Waals surface area (Å²) in [5.74, 6) is -1.57. The van der Waals surface area contributed by atoms with E-state index in [2.05, 4.69) is 10.3 Å². The molecule has 0 unspecified atom stereocenters. The van der Waals surface area contributed by atoms with Crippen molar-refractivity contribution in [2.75, 3.05) is 6.54 Å². The maximum atomic E-state index is 11.7. The van der Waals surface area contributed by atoms with Crippen LogP contribution in [0, 0.1) is 0 Å². The van der Waals surface area contributed by atoms with Gasteiger partial charge in [0.1, 0.15) is 0 Å². The number of aromatic hydroxyl groups is 1. The molecule has 1 aromatic rings. The van der Waals surface area contributed by atoms with E-state index in [0.717, 1.165) is 25.3 Å². The minimum atomic E-state index is -0.799. The Bertz CT molecular complexity index is 524. The Labute approximate surface area is 115 Å². The molecule has 0 spiro atoms. The maximum absolute atomic E-state index is 11.7. The summed E-state index contributed by atoms with van der Waals surface area (Å²) in [5, 5.41) is 20.3. The maximum Gasteiger partial charge on any atom is 0.303 e. The van der Waals surface area contributed by atoms with Crippen LogP contribution in [0.25, 0.3) is 0 Å². The SMILES string of the molecule is O=C(O)CCCCCCNC(=O)c1cc(O)[nH]c(=O)c1. The molecule has 0 bridgehead atoms. The van der Waals surface area contributed by atoms with Crippen LogP contribution >= 0.6 is 0 Å². The van der Waals surface area contributed by atoms with Gasteiger partial charge in [0, 0.05) is 25.1 Å². The van der Waals surface area contributed by atoms with Crippen molar-refractivity contribution < 1.29 is 19.8 Å². The van der Waals surface area contributed by atoms with E-state index in [1.165, 1.54) is 6.07 Å². The molecule has 0 radical (unpaired) electrons. The number of aromatic amines is 1. The van der Waals surface area contributed by atoms with Crippen LogP contribution in [0.15, 0.2) is 16.9 Å². The molecule has 1 amide bonds. The van der Waals surface area contributed by atoms with Crippen molar-refractivity contribution in [3.63, 3.8) is 0 Å². The van der Waals surface area contributed by atoms with Crippen LogP contribution in [0.1, 0.15) is 42.5 Å². The summed E-state index contributed by atoms with van der Waals surface area (Å²) in [6, 6.07) is 2.30. The predicted octanol–water partition coefficient (Wildman–Crippen LogP) is 0.845. The van der Waals surface area contributed by atoms with Crippen LogP contribution in [0.2, 0.25) is 0 Å². The van der Waals surface area contributed by atoms with Crippen LogP contribution in [0.4, 0.5) is 0 Å². The number of nitrogens with one attached hydrogen (secondary N) is 2. The second kappa shape index (κ2) is 7.98. The first-order valence-electron chi connectivity index (χ1n) is 6.42. The van der Waals surface area contributed by atoms with Gasteiger partial charge in [-0.25, -0.2) is 0 Å². The number of carbonyl (C=O) groups excluding carboxylic acids is 1. The molecule has 110 valence electrons. The van der Waals surface area contributed by atoms with Crippen molar-refractivity contribution in [3.05, 3.63) is 28.0 Å². The lowest BCUT2D eigenvalue weighted by atomic mass is 10.1. The number of pyridine rings is 1. The number of carboxylic acids is 1. The smallest absolute Gasteiger partial charge is 0.303 e. The monoisotopic (exact) mass is 282 g/mol. The molecule has 0 aliphatic carbocycles. The first-order valence-corrected chi connectivity index (χ1v) is 6.42. The number of unbranched alkanes of at least 4 members (excludes halogenated alkanes) is 3. The molecule has 1 rings (SSSR count). The minimum absolute atomic E-state index is 0.108. The lowest BCUT2D eigenvalue weighted by Gasteiger charge is -2.05. The number of aliphatic carboxylic acids is 1. The third kappa shape index (κ3) is 6.03. The summed E-state index contributed by atoms with van der Waals surface area (Å²) in [6.07, 6.45) is 3.16. The van der Waals surface area contributed by atoms with Crippen LogP contribution in [-0.4, -0.2) is 33.6 Å². The summed E-state index contributed by atoms with van der Waals surface area (Å²) in [5.41, 5.74) is -0.430. The number of hydrogen-bond donors (Lipinski definition) is 4. The highest BCUT2D eigenvalue weighted by molar-refractivity contribution is 5.94. The molecule has 7 nitrogen and oxygen atoms in total. The highest BCUT2D eigenvalue weighted by Gasteiger charge is 2.07. The summed E-state index contributed by atoms with van der Waals surface area (Å²) >= 11 is 0. The van der Waals surface area contributed by atoms with Gasteiger partial charge in [-0.05, 0) is 12.8 Å². The van der Waals surface area contributed by atoms with Crippen LogP contribution in [0.5, 0.6) is 5.88 Å². The molecule has 0 aliphatic heterocycles. The number of carboxylic acid groups (broad SMARTS) is 1. The highest BCUT2D eigenvalue weighted by atomic mass is 16.4. The van der Waals surface area contributed by atoms with Gasteiger partial charge < -0.3 is 15.5 Å². The Morgan fingerprint density at radius 2 is 1.85 bits per heavy atom. The molecule has 20 heavy (non-hydrogen) atoms. The zero-order chi connectivity index (χ0) is 15.0. The van der Waals surface area contributed by atoms with E-state index in [1.54, 1.807) is 0 Å². The molecule has 1 heterocycles. The molecule has 0 aliphatic rings.